The van der Waals surface area contributed by atoms with Gasteiger partial charge in [0.15, 0.2) is 5.82 Å². The number of aromatic hydroxyl groups is 1. The number of anilines is 2. The number of piperazine rings is 1. The van der Waals surface area contributed by atoms with E-state index < -0.39 is 28.9 Å². The number of fused-ring (bicyclic) bond motifs is 5. The van der Waals surface area contributed by atoms with Crippen molar-refractivity contribution in [3.63, 3.8) is 0 Å². The molecule has 3 aromatic rings. The summed E-state index contributed by atoms with van der Waals surface area (Å²) in [7, 11) is 0. The molecule has 2 atom stereocenters. The number of halogens is 3. The summed E-state index contributed by atoms with van der Waals surface area (Å²) in [5, 5.41) is 13.2. The van der Waals surface area contributed by atoms with Crippen LogP contribution < -0.4 is 10.2 Å². The van der Waals surface area contributed by atoms with Crippen molar-refractivity contribution < 1.29 is 23.5 Å². The third-order valence-corrected chi connectivity index (χ3v) is 6.27. The maximum atomic E-state index is 15.6. The Morgan fingerprint density at radius 1 is 1.27 bits per heavy atom. The maximum Gasteiger partial charge on any atom is 0.249 e. The first-order valence-electron chi connectivity index (χ1n) is 10.1. The molecule has 0 bridgehead atoms. The Labute approximate surface area is 191 Å². The number of benzene rings is 2. The van der Waals surface area contributed by atoms with Crippen LogP contribution in [-0.4, -0.2) is 51.4 Å². The Hall–Kier alpha value is -3.72. The van der Waals surface area contributed by atoms with Crippen molar-refractivity contribution >= 4 is 45.7 Å². The second-order valence-electron chi connectivity index (χ2n) is 7.77. The molecule has 7 nitrogen and oxygen atoms in total. The van der Waals surface area contributed by atoms with Crippen molar-refractivity contribution in [3.05, 3.63) is 60.8 Å². The van der Waals surface area contributed by atoms with E-state index in [1.54, 1.807) is 11.0 Å². The fourth-order valence-electron chi connectivity index (χ4n) is 4.43. The van der Waals surface area contributed by atoms with Crippen molar-refractivity contribution in [1.29, 1.82) is 0 Å². The Bertz CT molecular complexity index is 1330. The van der Waals surface area contributed by atoms with E-state index in [1.807, 2.05) is 0 Å². The molecule has 5 rings (SSSR count). The predicted octanol–water partition coefficient (Wildman–Crippen LogP) is 3.61. The molecule has 0 radical (unpaired) electrons. The number of rotatable bonds is 2. The molecule has 10 heteroatoms. The van der Waals surface area contributed by atoms with E-state index in [1.165, 1.54) is 29.3 Å². The predicted molar refractivity (Wildman–Crippen MR) is 120 cm³/mol. The largest absolute Gasteiger partial charge is 0.507 e. The minimum atomic E-state index is -0.823. The second kappa shape index (κ2) is 7.70. The van der Waals surface area contributed by atoms with Gasteiger partial charge >= 0.3 is 0 Å². The van der Waals surface area contributed by atoms with Gasteiger partial charge in [-0.2, -0.15) is 0 Å². The number of hydrogen-bond acceptors (Lipinski definition) is 5. The molecule has 1 unspecified atom stereocenters. The summed E-state index contributed by atoms with van der Waals surface area (Å²) < 4.78 is 29.9. The standard InChI is InChI=1S/C23H17ClF2N4O3/c1-2-18(32)29-9-15-23(33)28-14-8-27-21-12(22(14)30(15)17(24)10-29)7-6-11(20(21)26)19-13(25)4-3-5-16(19)31/h2-8,15,17,31H,1,9-10H2,(H,28,33)/t15-,17?/m1/s1. The number of phenols is 1. The fraction of sp³-hybridized carbons (Fsp3) is 0.174. The van der Waals surface area contributed by atoms with Gasteiger partial charge in [-0.1, -0.05) is 30.3 Å². The number of aromatic nitrogens is 1. The number of alkyl halides is 1. The molecular formula is C23H17ClF2N4O3. The van der Waals surface area contributed by atoms with Gasteiger partial charge < -0.3 is 20.2 Å². The lowest BCUT2D eigenvalue weighted by molar-refractivity contribution is -0.128. The third-order valence-electron chi connectivity index (χ3n) is 5.92. The van der Waals surface area contributed by atoms with Gasteiger partial charge in [-0.15, -0.1) is 0 Å². The van der Waals surface area contributed by atoms with Crippen LogP contribution in [0.15, 0.2) is 49.2 Å². The lowest BCUT2D eigenvalue weighted by Crippen LogP contribution is -2.63. The molecule has 2 N–H and O–H groups in total. The van der Waals surface area contributed by atoms with E-state index in [9.17, 15) is 19.1 Å². The topological polar surface area (TPSA) is 85.8 Å². The highest BCUT2D eigenvalue weighted by molar-refractivity contribution is 6.24. The summed E-state index contributed by atoms with van der Waals surface area (Å²) in [6, 6.07) is 5.81. The molecule has 2 aromatic carbocycles. The summed E-state index contributed by atoms with van der Waals surface area (Å²) >= 11 is 6.61. The van der Waals surface area contributed by atoms with Crippen molar-refractivity contribution in [1.82, 2.24) is 9.88 Å². The Morgan fingerprint density at radius 2 is 2.06 bits per heavy atom. The summed E-state index contributed by atoms with van der Waals surface area (Å²) in [6.45, 7) is 3.68. The van der Waals surface area contributed by atoms with Gasteiger partial charge in [0.05, 0.1) is 36.2 Å². The molecule has 3 heterocycles. The molecule has 33 heavy (non-hydrogen) atoms. The number of carbonyl (C=O) groups excluding carboxylic acids is 2. The molecule has 0 spiro atoms. The summed E-state index contributed by atoms with van der Waals surface area (Å²) in [5.41, 5.74) is -0.462. The van der Waals surface area contributed by atoms with Gasteiger partial charge in [-0.25, -0.2) is 8.78 Å². The number of nitrogens with zero attached hydrogens (tertiary/aromatic N) is 3. The number of pyridine rings is 1. The van der Waals surface area contributed by atoms with Gasteiger partial charge in [-0.3, -0.25) is 14.6 Å². The van der Waals surface area contributed by atoms with Gasteiger partial charge in [0.25, 0.3) is 0 Å². The molecular weight excluding hydrogens is 454 g/mol. The zero-order valence-electron chi connectivity index (χ0n) is 17.1. The molecule has 2 aliphatic heterocycles. The summed E-state index contributed by atoms with van der Waals surface area (Å²) in [4.78, 5) is 32.1. The SMILES string of the molecule is C=CC(=O)N1CC(Cl)N2c3c(cnc4c(F)c(-c5c(O)cccc5F)ccc34)NC(=O)[C@H]2C1. The first-order chi connectivity index (χ1) is 15.8. The van der Waals surface area contributed by atoms with Crippen LogP contribution in [0.25, 0.3) is 22.0 Å². The maximum absolute atomic E-state index is 15.6. The Morgan fingerprint density at radius 3 is 2.79 bits per heavy atom. The van der Waals surface area contributed by atoms with E-state index in [-0.39, 0.29) is 41.5 Å². The van der Waals surface area contributed by atoms with Crippen molar-refractivity contribution in [2.45, 2.75) is 11.5 Å². The van der Waals surface area contributed by atoms with Crippen LogP contribution in [0.2, 0.25) is 0 Å². The van der Waals surface area contributed by atoms with Gasteiger partial charge in [0.1, 0.15) is 28.6 Å². The normalized spacial score (nSPS) is 19.7. The smallest absolute Gasteiger partial charge is 0.249 e. The molecule has 2 amide bonds. The summed E-state index contributed by atoms with van der Waals surface area (Å²) in [5.74, 6) is -2.72. The molecule has 1 saturated heterocycles. The van der Waals surface area contributed by atoms with E-state index >= 15 is 4.39 Å². The van der Waals surface area contributed by atoms with E-state index in [0.717, 1.165) is 12.1 Å². The van der Waals surface area contributed by atoms with Gasteiger partial charge in [-0.05, 0) is 24.3 Å². The minimum absolute atomic E-state index is 0.0720. The van der Waals surface area contributed by atoms with Crippen LogP contribution >= 0.6 is 11.6 Å². The van der Waals surface area contributed by atoms with Crippen molar-refractivity contribution in [2.75, 3.05) is 23.3 Å². The Kier molecular flexibility index (Phi) is 4.93. The lowest BCUT2D eigenvalue weighted by Gasteiger charge is -2.47. The van der Waals surface area contributed by atoms with Gasteiger partial charge in [0, 0.05) is 10.9 Å². The molecule has 1 fully saturated rings. The number of hydrogen-bond donors (Lipinski definition) is 2. The minimum Gasteiger partial charge on any atom is -0.507 e. The molecule has 1 aromatic heterocycles. The first-order valence-corrected chi connectivity index (χ1v) is 10.5. The molecule has 0 aliphatic carbocycles. The number of carbonyl (C=O) groups is 2. The third kappa shape index (κ3) is 3.19. The quantitative estimate of drug-likeness (QED) is 0.339. The average Bonchev–Trinajstić information content (AvgIpc) is 2.79. The zero-order chi connectivity index (χ0) is 23.4. The number of nitrogens with one attached hydrogen (secondary N) is 1. The van der Waals surface area contributed by atoms with Crippen LogP contribution in [0.3, 0.4) is 0 Å². The number of amides is 2. The van der Waals surface area contributed by atoms with Gasteiger partial charge in [0.2, 0.25) is 11.8 Å². The molecule has 0 saturated carbocycles. The van der Waals surface area contributed by atoms with Crippen molar-refractivity contribution in [3.8, 4) is 16.9 Å². The first kappa shape index (κ1) is 21.1. The zero-order valence-corrected chi connectivity index (χ0v) is 17.8. The molecule has 2 aliphatic rings. The van der Waals surface area contributed by atoms with Crippen LogP contribution in [0.1, 0.15) is 0 Å². The highest BCUT2D eigenvalue weighted by atomic mass is 35.5. The average molecular weight is 471 g/mol. The van der Waals surface area contributed by atoms with E-state index in [0.29, 0.717) is 16.8 Å². The Balaban J connectivity index is 1.68. The van der Waals surface area contributed by atoms with Crippen molar-refractivity contribution in [2.24, 2.45) is 0 Å². The second-order valence-corrected chi connectivity index (χ2v) is 8.28. The highest BCUT2D eigenvalue weighted by Crippen LogP contribution is 2.44. The van der Waals surface area contributed by atoms with Crippen LogP contribution in [0, 0.1) is 11.6 Å². The van der Waals surface area contributed by atoms with E-state index in [4.69, 9.17) is 11.6 Å². The van der Waals surface area contributed by atoms with Crippen LogP contribution in [0.5, 0.6) is 5.75 Å². The lowest BCUT2D eigenvalue weighted by atomic mass is 9.98. The van der Waals surface area contributed by atoms with E-state index in [2.05, 4.69) is 16.9 Å². The summed E-state index contributed by atoms with van der Waals surface area (Å²) in [6.07, 6.45) is 2.47. The number of phenolic OH excluding ortho intramolecular Hbond substituents is 1. The monoisotopic (exact) mass is 470 g/mol. The van der Waals surface area contributed by atoms with Crippen LogP contribution in [-0.2, 0) is 9.59 Å². The fourth-order valence-corrected chi connectivity index (χ4v) is 4.83. The molecule has 168 valence electrons. The van der Waals surface area contributed by atoms with Crippen LogP contribution in [0.4, 0.5) is 20.2 Å². The highest BCUT2D eigenvalue weighted by Gasteiger charge is 2.43.